The zero-order valence-corrected chi connectivity index (χ0v) is 14.5. The monoisotopic (exact) mass is 382 g/mol. The highest BCUT2D eigenvalue weighted by atomic mass is 19.1. The van der Waals surface area contributed by atoms with Gasteiger partial charge >= 0.3 is 0 Å². The second-order valence-electron chi connectivity index (χ2n) is 6.08. The Labute approximate surface area is 156 Å². The lowest BCUT2D eigenvalue weighted by Gasteiger charge is -2.05. The number of aromatic nitrogens is 6. The minimum atomic E-state index is -0.776. The molecule has 0 saturated carbocycles. The van der Waals surface area contributed by atoms with Crippen molar-refractivity contribution in [1.82, 2.24) is 29.4 Å². The van der Waals surface area contributed by atoms with E-state index in [1.54, 1.807) is 40.9 Å². The molecule has 0 fully saturated rings. The van der Waals surface area contributed by atoms with Crippen LogP contribution in [0.5, 0.6) is 5.75 Å². The summed E-state index contributed by atoms with van der Waals surface area (Å²) in [6.07, 6.45) is 3.23. The second kappa shape index (κ2) is 6.12. The number of furan rings is 1. The molecule has 140 valence electrons. The molecule has 5 aromatic rings. The third-order valence-electron chi connectivity index (χ3n) is 4.21. The van der Waals surface area contributed by atoms with E-state index in [1.807, 2.05) is 0 Å². The first-order valence-corrected chi connectivity index (χ1v) is 8.28. The van der Waals surface area contributed by atoms with E-state index in [4.69, 9.17) is 9.15 Å². The summed E-state index contributed by atoms with van der Waals surface area (Å²) in [5, 5.41) is 9.31. The van der Waals surface area contributed by atoms with Crippen molar-refractivity contribution < 1.29 is 17.9 Å². The van der Waals surface area contributed by atoms with E-state index in [2.05, 4.69) is 20.2 Å². The topological polar surface area (TPSA) is 83.3 Å². The lowest BCUT2D eigenvalue weighted by atomic mass is 10.3. The van der Waals surface area contributed by atoms with Crippen LogP contribution in [0.1, 0.15) is 5.76 Å². The van der Waals surface area contributed by atoms with Gasteiger partial charge in [0.2, 0.25) is 5.82 Å². The predicted molar refractivity (Wildman–Crippen MR) is 93.4 cm³/mol. The maximum Gasteiger partial charge on any atom is 0.217 e. The number of hydrogen-bond acceptors (Lipinski definition) is 6. The molecule has 28 heavy (non-hydrogen) atoms. The van der Waals surface area contributed by atoms with Gasteiger partial charge in [-0.25, -0.2) is 23.3 Å². The van der Waals surface area contributed by atoms with Crippen molar-refractivity contribution in [3.8, 4) is 17.3 Å². The summed E-state index contributed by atoms with van der Waals surface area (Å²) in [5.41, 5.74) is 1.30. The van der Waals surface area contributed by atoms with Gasteiger partial charge in [0.1, 0.15) is 24.5 Å². The number of aryl methyl sites for hydroxylation is 1. The van der Waals surface area contributed by atoms with E-state index in [0.29, 0.717) is 28.6 Å². The zero-order chi connectivity index (χ0) is 19.3. The van der Waals surface area contributed by atoms with E-state index in [1.165, 1.54) is 6.07 Å². The van der Waals surface area contributed by atoms with E-state index < -0.39 is 11.6 Å². The highest BCUT2D eigenvalue weighted by Gasteiger charge is 2.15. The van der Waals surface area contributed by atoms with Gasteiger partial charge in [-0.15, -0.1) is 5.10 Å². The number of benzene rings is 1. The number of rotatable bonds is 4. The van der Waals surface area contributed by atoms with E-state index >= 15 is 0 Å². The maximum atomic E-state index is 13.6. The number of fused-ring (bicyclic) bond motifs is 3. The molecule has 0 spiro atoms. The minimum absolute atomic E-state index is 0.0235. The minimum Gasteiger partial charge on any atom is -0.483 e. The molecule has 0 aliphatic carbocycles. The molecule has 4 heterocycles. The summed E-state index contributed by atoms with van der Waals surface area (Å²) in [7, 11) is 1.80. The van der Waals surface area contributed by atoms with Gasteiger partial charge in [-0.05, 0) is 24.3 Å². The van der Waals surface area contributed by atoms with Crippen molar-refractivity contribution in [3.05, 3.63) is 60.3 Å². The van der Waals surface area contributed by atoms with Crippen LogP contribution < -0.4 is 4.74 Å². The first-order valence-electron chi connectivity index (χ1n) is 8.28. The third kappa shape index (κ3) is 2.66. The maximum absolute atomic E-state index is 13.6. The molecule has 0 saturated heterocycles. The average Bonchev–Trinajstić information content (AvgIpc) is 3.38. The Kier molecular flexibility index (Phi) is 3.57. The van der Waals surface area contributed by atoms with Gasteiger partial charge in [0.25, 0.3) is 0 Å². The van der Waals surface area contributed by atoms with Crippen molar-refractivity contribution >= 4 is 16.7 Å². The molecular formula is C18H12F2N6O2. The Morgan fingerprint density at radius 1 is 1.14 bits per heavy atom. The molecule has 0 aliphatic rings. The summed E-state index contributed by atoms with van der Waals surface area (Å²) >= 11 is 0. The number of nitrogens with zero attached hydrogens (tertiary/aromatic N) is 6. The Balaban J connectivity index is 1.41. The SMILES string of the molecule is Cn1ncc2c1ncn1nc(-c3ccc(COc4ccc(F)cc4F)o3)nc21. The standard InChI is InChI=1S/C18H12F2N6O2/c1-25-17-12(7-22-25)18-23-16(24-26(18)9-21-17)15-5-3-11(28-15)8-27-14-4-2-10(19)6-13(14)20/h2-7,9H,8H2,1H3. The van der Waals surface area contributed by atoms with Crippen LogP contribution >= 0.6 is 0 Å². The molecule has 0 unspecified atom stereocenters. The van der Waals surface area contributed by atoms with Crippen molar-refractivity contribution in [2.45, 2.75) is 6.61 Å². The quantitative estimate of drug-likeness (QED) is 0.475. The molecule has 0 radical (unpaired) electrons. The number of hydrogen-bond donors (Lipinski definition) is 0. The highest BCUT2D eigenvalue weighted by Crippen LogP contribution is 2.24. The van der Waals surface area contributed by atoms with E-state index in [9.17, 15) is 8.78 Å². The summed E-state index contributed by atoms with van der Waals surface area (Å²) in [6.45, 7) is -0.0235. The van der Waals surface area contributed by atoms with Crippen LogP contribution in [0.25, 0.3) is 28.3 Å². The molecule has 5 rings (SSSR count). The number of halogens is 2. The molecule has 0 N–H and O–H groups in total. The van der Waals surface area contributed by atoms with Crippen LogP contribution in [-0.4, -0.2) is 29.4 Å². The van der Waals surface area contributed by atoms with Crippen molar-refractivity contribution in [1.29, 1.82) is 0 Å². The summed E-state index contributed by atoms with van der Waals surface area (Å²) in [5.74, 6) is -0.254. The Morgan fingerprint density at radius 2 is 2.04 bits per heavy atom. The van der Waals surface area contributed by atoms with Crippen LogP contribution in [-0.2, 0) is 13.7 Å². The van der Waals surface area contributed by atoms with Crippen LogP contribution in [0.15, 0.2) is 47.3 Å². The third-order valence-corrected chi connectivity index (χ3v) is 4.21. The van der Waals surface area contributed by atoms with Gasteiger partial charge in [0.15, 0.2) is 28.6 Å². The fraction of sp³-hybridized carbons (Fsp3) is 0.111. The van der Waals surface area contributed by atoms with Crippen molar-refractivity contribution in [2.75, 3.05) is 0 Å². The second-order valence-corrected chi connectivity index (χ2v) is 6.08. The normalized spacial score (nSPS) is 11.5. The van der Waals surface area contributed by atoms with Gasteiger partial charge in [-0.1, -0.05) is 0 Å². The van der Waals surface area contributed by atoms with E-state index in [-0.39, 0.29) is 12.4 Å². The smallest absolute Gasteiger partial charge is 0.217 e. The lowest BCUT2D eigenvalue weighted by molar-refractivity contribution is 0.259. The summed E-state index contributed by atoms with van der Waals surface area (Å²) in [4.78, 5) is 8.81. The lowest BCUT2D eigenvalue weighted by Crippen LogP contribution is -1.96. The predicted octanol–water partition coefficient (Wildman–Crippen LogP) is 3.13. The highest BCUT2D eigenvalue weighted by molar-refractivity contribution is 5.88. The van der Waals surface area contributed by atoms with Crippen molar-refractivity contribution in [3.63, 3.8) is 0 Å². The van der Waals surface area contributed by atoms with Crippen LogP contribution in [0.3, 0.4) is 0 Å². The van der Waals surface area contributed by atoms with Crippen LogP contribution in [0.4, 0.5) is 8.78 Å². The summed E-state index contributed by atoms with van der Waals surface area (Å²) < 4.78 is 40.8. The fourth-order valence-corrected chi connectivity index (χ4v) is 2.86. The fourth-order valence-electron chi connectivity index (χ4n) is 2.86. The largest absolute Gasteiger partial charge is 0.483 e. The molecular weight excluding hydrogens is 370 g/mol. The first-order chi connectivity index (χ1) is 13.6. The molecule has 4 aromatic heterocycles. The average molecular weight is 382 g/mol. The van der Waals surface area contributed by atoms with Crippen molar-refractivity contribution in [2.24, 2.45) is 7.05 Å². The van der Waals surface area contributed by atoms with Gasteiger partial charge in [-0.3, -0.25) is 4.68 Å². The number of ether oxygens (including phenoxy) is 1. The molecule has 8 nitrogen and oxygen atoms in total. The molecule has 1 aromatic carbocycles. The molecule has 0 amide bonds. The molecule has 10 heteroatoms. The van der Waals surface area contributed by atoms with Gasteiger partial charge in [-0.2, -0.15) is 5.10 Å². The van der Waals surface area contributed by atoms with Crippen LogP contribution in [0.2, 0.25) is 0 Å². The van der Waals surface area contributed by atoms with E-state index in [0.717, 1.165) is 17.5 Å². The van der Waals surface area contributed by atoms with Gasteiger partial charge in [0.05, 0.1) is 11.6 Å². The Morgan fingerprint density at radius 3 is 2.89 bits per heavy atom. The summed E-state index contributed by atoms with van der Waals surface area (Å²) in [6, 6.07) is 6.49. The Hall–Kier alpha value is -3.82. The Bertz CT molecular complexity index is 1320. The van der Waals surface area contributed by atoms with Crippen LogP contribution in [0, 0.1) is 11.6 Å². The molecule has 0 atom stereocenters. The molecule has 0 bridgehead atoms. The first kappa shape index (κ1) is 16.4. The van der Waals surface area contributed by atoms with Gasteiger partial charge in [0, 0.05) is 13.1 Å². The zero-order valence-electron chi connectivity index (χ0n) is 14.5. The molecule has 0 aliphatic heterocycles. The van der Waals surface area contributed by atoms with Gasteiger partial charge < -0.3 is 9.15 Å².